The maximum absolute atomic E-state index is 12.2. The highest BCUT2D eigenvalue weighted by Gasteiger charge is 2.08. The van der Waals surface area contributed by atoms with Gasteiger partial charge < -0.3 is 11.1 Å². The highest BCUT2D eigenvalue weighted by molar-refractivity contribution is 7.18. The number of carbonyl (C=O) groups excluding carboxylic acids is 1. The zero-order valence-corrected chi connectivity index (χ0v) is 12.3. The summed E-state index contributed by atoms with van der Waals surface area (Å²) in [4.78, 5) is 20.7. The van der Waals surface area contributed by atoms with Crippen molar-refractivity contribution in [3.05, 3.63) is 52.8 Å². The Hall–Kier alpha value is -2.31. The van der Waals surface area contributed by atoms with E-state index in [-0.39, 0.29) is 5.91 Å². The summed E-state index contributed by atoms with van der Waals surface area (Å²) in [7, 11) is 0. The molecule has 0 saturated carbocycles. The molecule has 3 rings (SSSR count). The fraction of sp³-hybridized carbons (Fsp3) is 0.133. The summed E-state index contributed by atoms with van der Waals surface area (Å²) in [6.45, 7) is 2.28. The van der Waals surface area contributed by atoms with Gasteiger partial charge in [-0.15, -0.1) is 11.3 Å². The highest BCUT2D eigenvalue weighted by Crippen LogP contribution is 2.25. The lowest BCUT2D eigenvalue weighted by molar-refractivity contribution is 0.102. The number of thiazole rings is 1. The number of nitrogens with zero attached hydrogens (tertiary/aromatic N) is 2. The normalized spacial score (nSPS) is 10.8. The Kier molecular flexibility index (Phi) is 3.64. The van der Waals surface area contributed by atoms with Crippen LogP contribution in [0.1, 0.15) is 21.1 Å². The molecule has 6 heteroatoms. The first-order valence-corrected chi connectivity index (χ1v) is 7.31. The molecule has 0 unspecified atom stereocenters. The van der Waals surface area contributed by atoms with Gasteiger partial charge in [0.25, 0.3) is 5.91 Å². The second-order valence-corrected chi connectivity index (χ2v) is 5.84. The van der Waals surface area contributed by atoms with Gasteiger partial charge in [0.05, 0.1) is 20.9 Å². The zero-order chi connectivity index (χ0) is 14.8. The first-order chi connectivity index (χ1) is 10.2. The van der Waals surface area contributed by atoms with E-state index in [0.29, 0.717) is 17.8 Å². The van der Waals surface area contributed by atoms with Crippen molar-refractivity contribution in [3.8, 4) is 0 Å². The number of pyridine rings is 1. The number of benzene rings is 1. The molecule has 1 aromatic carbocycles. The molecule has 0 aliphatic heterocycles. The van der Waals surface area contributed by atoms with Crippen LogP contribution < -0.4 is 11.1 Å². The number of rotatable bonds is 3. The third kappa shape index (κ3) is 2.91. The van der Waals surface area contributed by atoms with Crippen molar-refractivity contribution < 1.29 is 4.79 Å². The van der Waals surface area contributed by atoms with Crippen LogP contribution in [0, 0.1) is 6.92 Å². The van der Waals surface area contributed by atoms with Crippen molar-refractivity contribution in [2.45, 2.75) is 13.5 Å². The van der Waals surface area contributed by atoms with Gasteiger partial charge in [-0.05, 0) is 37.3 Å². The molecular formula is C15H14N4OS. The Balaban J connectivity index is 1.84. The lowest BCUT2D eigenvalue weighted by atomic mass is 10.2. The fourth-order valence-corrected chi connectivity index (χ4v) is 2.92. The van der Waals surface area contributed by atoms with Gasteiger partial charge in [-0.25, -0.2) is 4.98 Å². The van der Waals surface area contributed by atoms with Gasteiger partial charge >= 0.3 is 0 Å². The molecule has 0 radical (unpaired) electrons. The molecule has 0 bridgehead atoms. The van der Waals surface area contributed by atoms with E-state index in [1.54, 1.807) is 29.7 Å². The average molecular weight is 298 g/mol. The molecule has 1 amide bonds. The van der Waals surface area contributed by atoms with Gasteiger partial charge in [0.1, 0.15) is 0 Å². The molecule has 0 saturated heterocycles. The van der Waals surface area contributed by atoms with Crippen molar-refractivity contribution in [2.24, 2.45) is 5.73 Å². The summed E-state index contributed by atoms with van der Waals surface area (Å²) in [5.74, 6) is -0.173. The van der Waals surface area contributed by atoms with Gasteiger partial charge in [-0.1, -0.05) is 0 Å². The molecule has 0 atom stereocenters. The monoisotopic (exact) mass is 298 g/mol. The summed E-state index contributed by atoms with van der Waals surface area (Å²) < 4.78 is 1.06. The Morgan fingerprint density at radius 3 is 3.00 bits per heavy atom. The van der Waals surface area contributed by atoms with Crippen molar-refractivity contribution >= 4 is 33.1 Å². The summed E-state index contributed by atoms with van der Waals surface area (Å²) in [5, 5.41) is 3.89. The predicted molar refractivity (Wildman–Crippen MR) is 84.4 cm³/mol. The maximum atomic E-state index is 12.2. The lowest BCUT2D eigenvalue weighted by Crippen LogP contribution is -2.13. The highest BCUT2D eigenvalue weighted by atomic mass is 32.1. The van der Waals surface area contributed by atoms with Crippen LogP contribution in [0.5, 0.6) is 0 Å². The van der Waals surface area contributed by atoms with Gasteiger partial charge in [0, 0.05) is 24.0 Å². The quantitative estimate of drug-likeness (QED) is 0.779. The molecule has 0 aliphatic carbocycles. The van der Waals surface area contributed by atoms with Crippen molar-refractivity contribution in [1.82, 2.24) is 9.97 Å². The van der Waals surface area contributed by atoms with Gasteiger partial charge in [0.2, 0.25) is 0 Å². The minimum Gasteiger partial charge on any atom is -0.325 e. The van der Waals surface area contributed by atoms with Crippen molar-refractivity contribution in [1.29, 1.82) is 0 Å². The SMILES string of the molecule is Cc1nc2ccc(NC(=O)c3ccnc(CN)c3)cc2s1. The molecule has 2 heterocycles. The Morgan fingerprint density at radius 1 is 1.33 bits per heavy atom. The fourth-order valence-electron chi connectivity index (χ4n) is 2.05. The summed E-state index contributed by atoms with van der Waals surface area (Å²) in [6.07, 6.45) is 1.59. The van der Waals surface area contributed by atoms with Gasteiger partial charge in [-0.3, -0.25) is 9.78 Å². The number of hydrogen-bond acceptors (Lipinski definition) is 5. The van der Waals surface area contributed by atoms with Crippen LogP contribution in [0.3, 0.4) is 0 Å². The lowest BCUT2D eigenvalue weighted by Gasteiger charge is -2.06. The number of nitrogens with two attached hydrogens (primary N) is 1. The van der Waals surface area contributed by atoms with E-state index in [2.05, 4.69) is 15.3 Å². The standard InChI is InChI=1S/C15H14N4OS/c1-9-18-13-3-2-11(7-14(13)21-9)19-15(20)10-4-5-17-12(6-10)8-16/h2-7H,8,16H2,1H3,(H,19,20). The van der Waals surface area contributed by atoms with Crippen molar-refractivity contribution in [3.63, 3.8) is 0 Å². The molecule has 3 N–H and O–H groups in total. The zero-order valence-electron chi connectivity index (χ0n) is 11.5. The summed E-state index contributed by atoms with van der Waals surface area (Å²) in [5.41, 5.74) is 8.48. The molecule has 0 spiro atoms. The third-order valence-corrected chi connectivity index (χ3v) is 3.97. The van der Waals surface area contributed by atoms with Crippen LogP contribution in [0.4, 0.5) is 5.69 Å². The van der Waals surface area contributed by atoms with E-state index in [1.807, 2.05) is 25.1 Å². The molecule has 5 nitrogen and oxygen atoms in total. The van der Waals surface area contributed by atoms with E-state index in [4.69, 9.17) is 5.73 Å². The first kappa shape index (κ1) is 13.7. The average Bonchev–Trinajstić information content (AvgIpc) is 2.86. The largest absolute Gasteiger partial charge is 0.325 e. The second-order valence-electron chi connectivity index (χ2n) is 4.61. The van der Waals surface area contributed by atoms with E-state index >= 15 is 0 Å². The molecular weight excluding hydrogens is 284 g/mol. The second kappa shape index (κ2) is 5.59. The number of amides is 1. The van der Waals surface area contributed by atoms with E-state index in [1.165, 1.54) is 0 Å². The molecule has 0 fully saturated rings. The van der Waals surface area contributed by atoms with Crippen LogP contribution >= 0.6 is 11.3 Å². The number of carbonyl (C=O) groups is 1. The summed E-state index contributed by atoms with van der Waals surface area (Å²) in [6, 6.07) is 9.06. The third-order valence-electron chi connectivity index (χ3n) is 3.04. The minimum atomic E-state index is -0.173. The number of anilines is 1. The van der Waals surface area contributed by atoms with E-state index in [9.17, 15) is 4.79 Å². The number of hydrogen-bond donors (Lipinski definition) is 2. The van der Waals surface area contributed by atoms with Crippen LogP contribution in [-0.2, 0) is 6.54 Å². The number of aromatic nitrogens is 2. The Bertz CT molecular complexity index is 812. The molecule has 0 aliphatic rings. The van der Waals surface area contributed by atoms with Crippen LogP contribution in [0.25, 0.3) is 10.2 Å². The number of nitrogens with one attached hydrogen (secondary N) is 1. The summed E-state index contributed by atoms with van der Waals surface area (Å²) >= 11 is 1.61. The minimum absolute atomic E-state index is 0.173. The van der Waals surface area contributed by atoms with Gasteiger partial charge in [0.15, 0.2) is 0 Å². The first-order valence-electron chi connectivity index (χ1n) is 6.49. The Morgan fingerprint density at radius 2 is 2.19 bits per heavy atom. The molecule has 2 aromatic heterocycles. The van der Waals surface area contributed by atoms with E-state index < -0.39 is 0 Å². The molecule has 21 heavy (non-hydrogen) atoms. The van der Waals surface area contributed by atoms with Crippen LogP contribution in [0.2, 0.25) is 0 Å². The molecule has 106 valence electrons. The van der Waals surface area contributed by atoms with Crippen molar-refractivity contribution in [2.75, 3.05) is 5.32 Å². The van der Waals surface area contributed by atoms with E-state index in [0.717, 1.165) is 20.9 Å². The topological polar surface area (TPSA) is 80.9 Å². The Labute approximate surface area is 125 Å². The number of aryl methyl sites for hydroxylation is 1. The maximum Gasteiger partial charge on any atom is 0.255 e. The smallest absolute Gasteiger partial charge is 0.255 e. The van der Waals surface area contributed by atoms with Crippen LogP contribution in [-0.4, -0.2) is 15.9 Å². The predicted octanol–water partition coefficient (Wildman–Crippen LogP) is 2.71. The van der Waals surface area contributed by atoms with Crippen LogP contribution in [0.15, 0.2) is 36.5 Å². The van der Waals surface area contributed by atoms with Gasteiger partial charge in [-0.2, -0.15) is 0 Å². The molecule has 3 aromatic rings. The number of fused-ring (bicyclic) bond motifs is 1.